The summed E-state index contributed by atoms with van der Waals surface area (Å²) in [5.74, 6) is 0. The standard InChI is InChI=1S/C8H15ClF3Si/c1-13(2,3)6-4-5-7(9)8(10,11)12/h4,7H,5-6H2,1-3H3/t7-/m0/s1. The quantitative estimate of drug-likeness (QED) is 0.505. The second-order valence-electron chi connectivity index (χ2n) is 4.30. The van der Waals surface area contributed by atoms with E-state index in [0.717, 1.165) is 6.04 Å². The molecule has 0 aromatic heterocycles. The molecule has 13 heavy (non-hydrogen) atoms. The molecule has 0 unspecified atom stereocenters. The van der Waals surface area contributed by atoms with Crippen LogP contribution in [-0.2, 0) is 0 Å². The highest BCUT2D eigenvalue weighted by molar-refractivity contribution is 6.76. The molecule has 0 N–H and O–H groups in total. The molecule has 0 saturated heterocycles. The van der Waals surface area contributed by atoms with Gasteiger partial charge in [0, 0.05) is 8.07 Å². The highest BCUT2D eigenvalue weighted by Crippen LogP contribution is 2.29. The molecule has 0 rings (SSSR count). The lowest BCUT2D eigenvalue weighted by molar-refractivity contribution is -0.130. The lowest BCUT2D eigenvalue weighted by atomic mass is 10.2. The Morgan fingerprint density at radius 1 is 1.31 bits per heavy atom. The fourth-order valence-electron chi connectivity index (χ4n) is 0.796. The van der Waals surface area contributed by atoms with Gasteiger partial charge in [0.1, 0.15) is 5.38 Å². The van der Waals surface area contributed by atoms with E-state index in [0.29, 0.717) is 0 Å². The van der Waals surface area contributed by atoms with Crippen molar-refractivity contribution < 1.29 is 13.2 Å². The Morgan fingerprint density at radius 3 is 2.08 bits per heavy atom. The van der Waals surface area contributed by atoms with E-state index < -0.39 is 19.6 Å². The van der Waals surface area contributed by atoms with Crippen LogP contribution in [0.15, 0.2) is 0 Å². The van der Waals surface area contributed by atoms with Gasteiger partial charge in [-0.15, -0.1) is 11.6 Å². The Labute approximate surface area is 83.5 Å². The Morgan fingerprint density at radius 2 is 1.77 bits per heavy atom. The molecule has 0 amide bonds. The number of hydrogen-bond acceptors (Lipinski definition) is 0. The SMILES string of the molecule is C[Si](C)(C)C[CH]C[C@H](Cl)C(F)(F)F. The molecule has 0 fully saturated rings. The first-order chi connectivity index (χ1) is 5.63. The van der Waals surface area contributed by atoms with Gasteiger partial charge >= 0.3 is 6.18 Å². The largest absolute Gasteiger partial charge is 0.404 e. The molecule has 0 aromatic rings. The first kappa shape index (κ1) is 13.3. The van der Waals surface area contributed by atoms with Gasteiger partial charge in [0.05, 0.1) is 0 Å². The highest BCUT2D eigenvalue weighted by atomic mass is 35.5. The molecule has 1 radical (unpaired) electrons. The van der Waals surface area contributed by atoms with Crippen LogP contribution in [0, 0.1) is 6.42 Å². The van der Waals surface area contributed by atoms with Crippen LogP contribution in [-0.4, -0.2) is 19.6 Å². The van der Waals surface area contributed by atoms with Gasteiger partial charge in [0.15, 0.2) is 0 Å². The zero-order valence-electron chi connectivity index (χ0n) is 8.08. The second kappa shape index (κ2) is 4.69. The van der Waals surface area contributed by atoms with Gasteiger partial charge < -0.3 is 0 Å². The molecule has 0 nitrogen and oxygen atoms in total. The molecule has 0 aliphatic rings. The van der Waals surface area contributed by atoms with Gasteiger partial charge in [-0.05, 0) is 12.8 Å². The van der Waals surface area contributed by atoms with Crippen molar-refractivity contribution in [2.24, 2.45) is 0 Å². The van der Waals surface area contributed by atoms with Crippen LogP contribution in [0.2, 0.25) is 25.7 Å². The maximum Gasteiger partial charge on any atom is 0.404 e. The first-order valence-corrected chi connectivity index (χ1v) is 8.30. The van der Waals surface area contributed by atoms with E-state index in [4.69, 9.17) is 11.6 Å². The van der Waals surface area contributed by atoms with E-state index in [-0.39, 0.29) is 6.42 Å². The molecule has 0 aromatic carbocycles. The first-order valence-electron chi connectivity index (χ1n) is 4.15. The summed E-state index contributed by atoms with van der Waals surface area (Å²) in [5, 5.41) is -1.72. The van der Waals surface area contributed by atoms with Crippen molar-refractivity contribution in [3.63, 3.8) is 0 Å². The van der Waals surface area contributed by atoms with Crippen molar-refractivity contribution in [2.45, 2.75) is 43.7 Å². The number of hydrogen-bond donors (Lipinski definition) is 0. The zero-order valence-corrected chi connectivity index (χ0v) is 9.84. The Bertz CT molecular complexity index is 150. The van der Waals surface area contributed by atoms with Gasteiger partial charge in [-0.25, -0.2) is 0 Å². The molecule has 5 heteroatoms. The molecule has 0 spiro atoms. The van der Waals surface area contributed by atoms with E-state index in [1.165, 1.54) is 0 Å². The minimum atomic E-state index is -4.27. The molecule has 79 valence electrons. The van der Waals surface area contributed by atoms with Crippen molar-refractivity contribution >= 4 is 19.7 Å². The highest BCUT2D eigenvalue weighted by Gasteiger charge is 2.37. The third kappa shape index (κ3) is 7.37. The van der Waals surface area contributed by atoms with Crippen LogP contribution in [0.1, 0.15) is 6.42 Å². The summed E-state index contributed by atoms with van der Waals surface area (Å²) in [6.07, 6.45) is -2.68. The normalized spacial score (nSPS) is 15.9. The van der Waals surface area contributed by atoms with Crippen LogP contribution in [0.3, 0.4) is 0 Å². The Kier molecular flexibility index (Phi) is 4.79. The van der Waals surface area contributed by atoms with Crippen LogP contribution >= 0.6 is 11.6 Å². The third-order valence-corrected chi connectivity index (χ3v) is 3.42. The van der Waals surface area contributed by atoms with Gasteiger partial charge in [-0.1, -0.05) is 25.7 Å². The zero-order chi connectivity index (χ0) is 10.7. The van der Waals surface area contributed by atoms with Gasteiger partial charge in [0.25, 0.3) is 0 Å². The molecule has 0 aliphatic carbocycles. The minimum Gasteiger partial charge on any atom is -0.169 e. The van der Waals surface area contributed by atoms with Crippen molar-refractivity contribution in [3.05, 3.63) is 6.42 Å². The van der Waals surface area contributed by atoms with E-state index in [1.807, 2.05) is 0 Å². The summed E-state index contributed by atoms with van der Waals surface area (Å²) in [5.41, 5.74) is 0. The van der Waals surface area contributed by atoms with E-state index in [1.54, 1.807) is 6.42 Å². The van der Waals surface area contributed by atoms with E-state index >= 15 is 0 Å². The van der Waals surface area contributed by atoms with Gasteiger partial charge in [0.2, 0.25) is 0 Å². The van der Waals surface area contributed by atoms with E-state index in [2.05, 4.69) is 19.6 Å². The predicted molar refractivity (Wildman–Crippen MR) is 52.8 cm³/mol. The molecular weight excluding hydrogens is 217 g/mol. The average molecular weight is 232 g/mol. The average Bonchev–Trinajstić information content (AvgIpc) is 1.82. The summed E-state index contributed by atoms with van der Waals surface area (Å²) in [6.45, 7) is 6.33. The number of halogens is 4. The minimum absolute atomic E-state index is 0.0741. The molecule has 0 bridgehead atoms. The summed E-state index contributed by atoms with van der Waals surface area (Å²) in [7, 11) is -1.26. The number of rotatable bonds is 4. The summed E-state index contributed by atoms with van der Waals surface area (Å²) in [4.78, 5) is 0. The lowest BCUT2D eigenvalue weighted by Crippen LogP contribution is -2.25. The summed E-state index contributed by atoms with van der Waals surface area (Å²) < 4.78 is 35.8. The Balaban J connectivity index is 3.67. The fourth-order valence-corrected chi connectivity index (χ4v) is 1.95. The smallest absolute Gasteiger partial charge is 0.169 e. The second-order valence-corrected chi connectivity index (χ2v) is 10.4. The molecule has 1 atom stereocenters. The molecule has 0 saturated carbocycles. The van der Waals surface area contributed by atoms with Crippen LogP contribution in [0.4, 0.5) is 13.2 Å². The van der Waals surface area contributed by atoms with E-state index in [9.17, 15) is 13.2 Å². The topological polar surface area (TPSA) is 0 Å². The van der Waals surface area contributed by atoms with Crippen molar-refractivity contribution in [1.29, 1.82) is 0 Å². The fraction of sp³-hybridized carbons (Fsp3) is 0.875. The predicted octanol–water partition coefficient (Wildman–Crippen LogP) is 4.09. The Hall–Kier alpha value is 0.297. The molecule has 0 aliphatic heterocycles. The van der Waals surface area contributed by atoms with Crippen LogP contribution in [0.25, 0.3) is 0 Å². The maximum atomic E-state index is 11.9. The summed E-state index contributed by atoms with van der Waals surface area (Å²) in [6, 6.07) is 0.784. The lowest BCUT2D eigenvalue weighted by Gasteiger charge is -2.17. The van der Waals surface area contributed by atoms with Gasteiger partial charge in [-0.2, -0.15) is 13.2 Å². The van der Waals surface area contributed by atoms with Crippen molar-refractivity contribution in [2.75, 3.05) is 0 Å². The van der Waals surface area contributed by atoms with Crippen LogP contribution in [0.5, 0.6) is 0 Å². The molecule has 0 heterocycles. The van der Waals surface area contributed by atoms with Crippen LogP contribution < -0.4 is 0 Å². The molecular formula is C8H15ClF3Si. The number of alkyl halides is 4. The van der Waals surface area contributed by atoms with Crippen molar-refractivity contribution in [1.82, 2.24) is 0 Å². The van der Waals surface area contributed by atoms with Crippen molar-refractivity contribution in [3.8, 4) is 0 Å². The van der Waals surface area contributed by atoms with Gasteiger partial charge in [-0.3, -0.25) is 0 Å². The summed E-state index contributed by atoms with van der Waals surface area (Å²) >= 11 is 5.14. The maximum absolute atomic E-state index is 11.9. The third-order valence-electron chi connectivity index (χ3n) is 1.49. The monoisotopic (exact) mass is 231 g/mol.